The van der Waals surface area contributed by atoms with Crippen LogP contribution >= 0.6 is 0 Å². The minimum absolute atomic E-state index is 0.0875. The van der Waals surface area contributed by atoms with Gasteiger partial charge in [-0.2, -0.15) is 5.26 Å². The molecule has 0 radical (unpaired) electrons. The molecular formula is C15H12FNO. The van der Waals surface area contributed by atoms with E-state index in [9.17, 15) is 4.39 Å². The van der Waals surface area contributed by atoms with Crippen molar-refractivity contribution in [3.8, 4) is 22.9 Å². The minimum atomic E-state index is -0.350. The van der Waals surface area contributed by atoms with Crippen molar-refractivity contribution >= 4 is 0 Å². The number of nitriles is 1. The fourth-order valence-electron chi connectivity index (χ4n) is 1.76. The molecule has 3 heteroatoms. The molecule has 0 heterocycles. The van der Waals surface area contributed by atoms with E-state index in [4.69, 9.17) is 10.00 Å². The van der Waals surface area contributed by atoms with Gasteiger partial charge in [0.1, 0.15) is 11.6 Å². The molecule has 0 fully saturated rings. The van der Waals surface area contributed by atoms with Gasteiger partial charge in [-0.3, -0.25) is 0 Å². The predicted octanol–water partition coefficient (Wildman–Crippen LogP) is 3.57. The number of hydrogen-bond acceptors (Lipinski definition) is 2. The molecule has 0 N–H and O–H groups in total. The number of rotatable bonds is 3. The Morgan fingerprint density at radius 2 is 1.94 bits per heavy atom. The van der Waals surface area contributed by atoms with Crippen LogP contribution < -0.4 is 4.74 Å². The maximum atomic E-state index is 13.7. The third kappa shape index (κ3) is 2.49. The van der Waals surface area contributed by atoms with Crippen molar-refractivity contribution in [2.75, 3.05) is 7.11 Å². The molecule has 0 saturated heterocycles. The monoisotopic (exact) mass is 241 g/mol. The van der Waals surface area contributed by atoms with Crippen LogP contribution in [0.4, 0.5) is 4.39 Å². The highest BCUT2D eigenvalue weighted by Crippen LogP contribution is 2.25. The molecule has 0 aliphatic rings. The smallest absolute Gasteiger partial charge is 0.128 e. The summed E-state index contributed by atoms with van der Waals surface area (Å²) in [4.78, 5) is 0. The highest BCUT2D eigenvalue weighted by Gasteiger charge is 2.05. The lowest BCUT2D eigenvalue weighted by Gasteiger charge is -2.06. The maximum Gasteiger partial charge on any atom is 0.128 e. The lowest BCUT2D eigenvalue weighted by molar-refractivity contribution is 0.415. The van der Waals surface area contributed by atoms with Crippen LogP contribution in [0.1, 0.15) is 5.56 Å². The Kier molecular flexibility index (Phi) is 3.59. The second kappa shape index (κ2) is 5.33. The highest BCUT2D eigenvalue weighted by atomic mass is 19.1. The van der Waals surface area contributed by atoms with Crippen molar-refractivity contribution in [1.29, 1.82) is 5.26 Å². The van der Waals surface area contributed by atoms with E-state index in [0.717, 1.165) is 16.9 Å². The SMILES string of the molecule is COc1cccc(-c2ccc(CC#N)c(F)c2)c1. The molecule has 18 heavy (non-hydrogen) atoms. The summed E-state index contributed by atoms with van der Waals surface area (Å²) in [5.74, 6) is 0.380. The molecule has 0 spiro atoms. The van der Waals surface area contributed by atoms with Crippen LogP contribution in [0.5, 0.6) is 5.75 Å². The quantitative estimate of drug-likeness (QED) is 0.823. The molecule has 0 amide bonds. The molecule has 2 aromatic rings. The molecule has 0 aliphatic carbocycles. The van der Waals surface area contributed by atoms with Crippen LogP contribution in [0.2, 0.25) is 0 Å². The van der Waals surface area contributed by atoms with Gasteiger partial charge < -0.3 is 4.74 Å². The summed E-state index contributed by atoms with van der Waals surface area (Å²) in [5, 5.41) is 8.57. The number of methoxy groups -OCH3 is 1. The lowest BCUT2D eigenvalue weighted by atomic mass is 10.0. The van der Waals surface area contributed by atoms with Crippen LogP contribution in [-0.4, -0.2) is 7.11 Å². The van der Waals surface area contributed by atoms with Crippen LogP contribution in [0.3, 0.4) is 0 Å². The van der Waals surface area contributed by atoms with Crippen molar-refractivity contribution in [2.24, 2.45) is 0 Å². The topological polar surface area (TPSA) is 33.0 Å². The third-order valence-electron chi connectivity index (χ3n) is 2.73. The number of hydrogen-bond donors (Lipinski definition) is 0. The van der Waals surface area contributed by atoms with Crippen LogP contribution in [0, 0.1) is 17.1 Å². The summed E-state index contributed by atoms with van der Waals surface area (Å²) in [6, 6.07) is 14.3. The summed E-state index contributed by atoms with van der Waals surface area (Å²) in [6.45, 7) is 0. The van der Waals surface area contributed by atoms with Crippen LogP contribution in [0.25, 0.3) is 11.1 Å². The summed E-state index contributed by atoms with van der Waals surface area (Å²) in [7, 11) is 1.59. The molecule has 0 aliphatic heterocycles. The van der Waals surface area contributed by atoms with Gasteiger partial charge in [0.05, 0.1) is 19.6 Å². The Balaban J connectivity index is 2.39. The van der Waals surface area contributed by atoms with Gasteiger partial charge in [0.25, 0.3) is 0 Å². The van der Waals surface area contributed by atoms with Crippen molar-refractivity contribution < 1.29 is 9.13 Å². The maximum absolute atomic E-state index is 13.7. The van der Waals surface area contributed by atoms with Gasteiger partial charge in [0.15, 0.2) is 0 Å². The van der Waals surface area contributed by atoms with Crippen molar-refractivity contribution in [3.05, 3.63) is 53.8 Å². The van der Waals surface area contributed by atoms with E-state index in [-0.39, 0.29) is 12.2 Å². The van der Waals surface area contributed by atoms with Gasteiger partial charge in [-0.05, 0) is 29.3 Å². The van der Waals surface area contributed by atoms with Gasteiger partial charge in [-0.25, -0.2) is 4.39 Å². The van der Waals surface area contributed by atoms with Gasteiger partial charge in [-0.1, -0.05) is 24.3 Å². The van der Waals surface area contributed by atoms with E-state index in [1.807, 2.05) is 36.4 Å². The predicted molar refractivity (Wildman–Crippen MR) is 67.7 cm³/mol. The number of halogens is 1. The fourth-order valence-corrected chi connectivity index (χ4v) is 1.76. The van der Waals surface area contributed by atoms with E-state index in [1.54, 1.807) is 13.2 Å². The number of ether oxygens (including phenoxy) is 1. The van der Waals surface area contributed by atoms with Gasteiger partial charge in [0.2, 0.25) is 0 Å². The first-order chi connectivity index (χ1) is 8.74. The Labute approximate surface area is 105 Å². The Hall–Kier alpha value is -2.34. The molecule has 0 unspecified atom stereocenters. The molecule has 0 bridgehead atoms. The van der Waals surface area contributed by atoms with E-state index >= 15 is 0 Å². The van der Waals surface area contributed by atoms with Crippen LogP contribution in [0.15, 0.2) is 42.5 Å². The van der Waals surface area contributed by atoms with E-state index in [2.05, 4.69) is 0 Å². The van der Waals surface area contributed by atoms with Crippen molar-refractivity contribution in [2.45, 2.75) is 6.42 Å². The largest absolute Gasteiger partial charge is 0.497 e. The first-order valence-corrected chi connectivity index (χ1v) is 5.54. The summed E-state index contributed by atoms with van der Waals surface area (Å²) < 4.78 is 18.9. The first kappa shape index (κ1) is 12.1. The van der Waals surface area contributed by atoms with Gasteiger partial charge in [0, 0.05) is 5.56 Å². The van der Waals surface area contributed by atoms with Crippen molar-refractivity contribution in [3.63, 3.8) is 0 Å². The highest BCUT2D eigenvalue weighted by molar-refractivity contribution is 5.65. The standard InChI is InChI=1S/C15H12FNO/c1-18-14-4-2-3-12(9-14)13-6-5-11(7-8-17)15(16)10-13/h2-6,9-10H,7H2,1H3. The Bertz CT molecular complexity index is 602. The molecule has 0 saturated carbocycles. The molecule has 2 aromatic carbocycles. The molecule has 2 nitrogen and oxygen atoms in total. The normalized spacial score (nSPS) is 9.83. The Morgan fingerprint density at radius 3 is 2.61 bits per heavy atom. The summed E-state index contributed by atoms with van der Waals surface area (Å²) >= 11 is 0. The van der Waals surface area contributed by atoms with Gasteiger partial charge in [-0.15, -0.1) is 0 Å². The number of benzene rings is 2. The molecule has 0 atom stereocenters. The average molecular weight is 241 g/mol. The van der Waals surface area contributed by atoms with Gasteiger partial charge >= 0.3 is 0 Å². The minimum Gasteiger partial charge on any atom is -0.497 e. The zero-order valence-electron chi connectivity index (χ0n) is 9.98. The zero-order chi connectivity index (χ0) is 13.0. The molecule has 2 rings (SSSR count). The molecule has 0 aromatic heterocycles. The summed E-state index contributed by atoms with van der Waals surface area (Å²) in [6.07, 6.45) is 0.0875. The van der Waals surface area contributed by atoms with Crippen LogP contribution in [-0.2, 0) is 6.42 Å². The average Bonchev–Trinajstić information content (AvgIpc) is 2.41. The second-order valence-electron chi connectivity index (χ2n) is 3.87. The van der Waals surface area contributed by atoms with E-state index < -0.39 is 0 Å². The number of nitrogens with zero attached hydrogens (tertiary/aromatic N) is 1. The first-order valence-electron chi connectivity index (χ1n) is 5.54. The zero-order valence-corrected chi connectivity index (χ0v) is 9.98. The molecular weight excluding hydrogens is 229 g/mol. The Morgan fingerprint density at radius 1 is 1.17 bits per heavy atom. The van der Waals surface area contributed by atoms with E-state index in [0.29, 0.717) is 5.56 Å². The lowest BCUT2D eigenvalue weighted by Crippen LogP contribution is -1.90. The second-order valence-corrected chi connectivity index (χ2v) is 3.87. The van der Waals surface area contributed by atoms with Crippen molar-refractivity contribution in [1.82, 2.24) is 0 Å². The molecule has 90 valence electrons. The summed E-state index contributed by atoms with van der Waals surface area (Å²) in [5.41, 5.74) is 2.08. The fraction of sp³-hybridized carbons (Fsp3) is 0.133. The van der Waals surface area contributed by atoms with E-state index in [1.165, 1.54) is 6.07 Å². The third-order valence-corrected chi connectivity index (χ3v) is 2.73.